The molecule has 0 unspecified atom stereocenters. The van der Waals surface area contributed by atoms with E-state index in [2.05, 4.69) is 15.8 Å². The van der Waals surface area contributed by atoms with Crippen molar-refractivity contribution >= 4 is 35.1 Å². The zero-order chi connectivity index (χ0) is 18.1. The minimum atomic E-state index is 0.324. The van der Waals surface area contributed by atoms with Crippen molar-refractivity contribution in [2.75, 3.05) is 13.7 Å². The second-order valence-electron chi connectivity index (χ2n) is 4.99. The number of para-hydroxylation sites is 1. The maximum Gasteiger partial charge on any atom is 0.186 e. The average molecular weight is 378 g/mol. The Morgan fingerprint density at radius 1 is 1.24 bits per heavy atom. The van der Waals surface area contributed by atoms with E-state index in [1.165, 1.54) is 0 Å². The fourth-order valence-electron chi connectivity index (χ4n) is 2.08. The monoisotopic (exact) mass is 377 g/mol. The summed E-state index contributed by atoms with van der Waals surface area (Å²) >= 11 is 11.3. The van der Waals surface area contributed by atoms with Gasteiger partial charge < -0.3 is 14.8 Å². The average Bonchev–Trinajstić information content (AvgIpc) is 2.61. The Hall–Kier alpha value is -2.31. The highest BCUT2D eigenvalue weighted by atomic mass is 35.5. The minimum Gasteiger partial charge on any atom is -0.493 e. The predicted octanol–water partition coefficient (Wildman–Crippen LogP) is 3.75. The Morgan fingerprint density at radius 2 is 2.04 bits per heavy atom. The second-order valence-corrected chi connectivity index (χ2v) is 5.80. The lowest BCUT2D eigenvalue weighted by molar-refractivity contribution is 0.284. The van der Waals surface area contributed by atoms with Crippen LogP contribution in [0, 0.1) is 0 Å². The quantitative estimate of drug-likeness (QED) is 0.437. The molecule has 0 aliphatic rings. The van der Waals surface area contributed by atoms with E-state index >= 15 is 0 Å². The number of rotatable bonds is 7. The number of hydrogen-bond donors (Lipinski definition) is 2. The zero-order valence-corrected chi connectivity index (χ0v) is 15.7. The first kappa shape index (κ1) is 19.0. The van der Waals surface area contributed by atoms with Crippen molar-refractivity contribution in [3.05, 3.63) is 58.6 Å². The number of nitrogens with zero attached hydrogens (tertiary/aromatic N) is 1. The lowest BCUT2D eigenvalue weighted by Gasteiger charge is -2.14. The van der Waals surface area contributed by atoms with Crippen LogP contribution in [0.25, 0.3) is 0 Å². The van der Waals surface area contributed by atoms with Crippen LogP contribution < -0.4 is 20.2 Å². The largest absolute Gasteiger partial charge is 0.493 e. The predicted molar refractivity (Wildman–Crippen MR) is 106 cm³/mol. The Bertz CT molecular complexity index is 753. The molecule has 0 bridgehead atoms. The lowest BCUT2D eigenvalue weighted by atomic mass is 10.2. The molecule has 0 radical (unpaired) electrons. The van der Waals surface area contributed by atoms with Gasteiger partial charge in [-0.1, -0.05) is 35.9 Å². The van der Waals surface area contributed by atoms with Gasteiger partial charge in [-0.2, -0.15) is 5.10 Å². The Kier molecular flexibility index (Phi) is 7.50. The number of thiocarbonyl (C=S) groups is 1. The molecule has 0 aliphatic carbocycles. The van der Waals surface area contributed by atoms with E-state index in [1.54, 1.807) is 13.3 Å². The summed E-state index contributed by atoms with van der Waals surface area (Å²) in [5.74, 6) is 1.20. The molecule has 0 aliphatic heterocycles. The number of halogens is 1. The molecule has 0 atom stereocenters. The SMILES string of the molecule is CCNC(=S)N/N=C\c1cccc(OC)c1OCc1ccccc1Cl. The molecule has 2 aromatic carbocycles. The zero-order valence-electron chi connectivity index (χ0n) is 14.1. The van der Waals surface area contributed by atoms with Crippen LogP contribution in [0.1, 0.15) is 18.1 Å². The maximum absolute atomic E-state index is 6.18. The molecule has 25 heavy (non-hydrogen) atoms. The van der Waals surface area contributed by atoms with Gasteiger partial charge in [0, 0.05) is 22.7 Å². The van der Waals surface area contributed by atoms with Gasteiger partial charge in [0.15, 0.2) is 16.6 Å². The fourth-order valence-corrected chi connectivity index (χ4v) is 2.46. The van der Waals surface area contributed by atoms with E-state index < -0.39 is 0 Å². The first-order valence-electron chi connectivity index (χ1n) is 7.75. The number of ether oxygens (including phenoxy) is 2. The van der Waals surface area contributed by atoms with Gasteiger partial charge in [-0.25, -0.2) is 0 Å². The van der Waals surface area contributed by atoms with Crippen LogP contribution >= 0.6 is 23.8 Å². The molecule has 132 valence electrons. The molecule has 0 saturated heterocycles. The molecule has 0 aromatic heterocycles. The summed E-state index contributed by atoms with van der Waals surface area (Å²) in [5.41, 5.74) is 4.41. The van der Waals surface area contributed by atoms with E-state index in [1.807, 2.05) is 49.4 Å². The third kappa shape index (κ3) is 5.62. The van der Waals surface area contributed by atoms with Gasteiger partial charge in [0.2, 0.25) is 0 Å². The Morgan fingerprint density at radius 3 is 2.76 bits per heavy atom. The van der Waals surface area contributed by atoms with Gasteiger partial charge >= 0.3 is 0 Å². The smallest absolute Gasteiger partial charge is 0.186 e. The summed E-state index contributed by atoms with van der Waals surface area (Å²) in [6.07, 6.45) is 1.63. The summed E-state index contributed by atoms with van der Waals surface area (Å²) in [7, 11) is 1.59. The molecule has 7 heteroatoms. The highest BCUT2D eigenvalue weighted by Gasteiger charge is 2.10. The molecule has 0 heterocycles. The second kappa shape index (κ2) is 9.86. The molecule has 0 amide bonds. The van der Waals surface area contributed by atoms with Gasteiger partial charge in [0.1, 0.15) is 6.61 Å². The number of hydrazone groups is 1. The fraction of sp³-hybridized carbons (Fsp3) is 0.222. The molecular formula is C18H20ClN3O2S. The number of hydrogen-bond acceptors (Lipinski definition) is 4. The lowest BCUT2D eigenvalue weighted by Crippen LogP contribution is -2.31. The first-order valence-corrected chi connectivity index (χ1v) is 8.54. The van der Waals surface area contributed by atoms with Gasteiger partial charge in [0.05, 0.1) is 13.3 Å². The molecule has 2 rings (SSSR count). The van der Waals surface area contributed by atoms with Crippen molar-refractivity contribution < 1.29 is 9.47 Å². The van der Waals surface area contributed by atoms with Crippen LogP contribution in [0.5, 0.6) is 11.5 Å². The van der Waals surface area contributed by atoms with Gasteiger partial charge in [-0.15, -0.1) is 0 Å². The summed E-state index contributed by atoms with van der Waals surface area (Å²) < 4.78 is 11.3. The van der Waals surface area contributed by atoms with Crippen LogP contribution in [-0.2, 0) is 6.61 Å². The third-order valence-corrected chi connectivity index (χ3v) is 3.87. The third-order valence-electron chi connectivity index (χ3n) is 3.27. The summed E-state index contributed by atoms with van der Waals surface area (Å²) in [6.45, 7) is 3.01. The van der Waals surface area contributed by atoms with Crippen molar-refractivity contribution in [2.24, 2.45) is 5.10 Å². The Labute approximate surface area is 158 Å². The highest BCUT2D eigenvalue weighted by Crippen LogP contribution is 2.31. The van der Waals surface area contributed by atoms with Gasteiger partial charge in [-0.05, 0) is 37.3 Å². The van der Waals surface area contributed by atoms with E-state index in [0.29, 0.717) is 28.2 Å². The van der Waals surface area contributed by atoms with Crippen molar-refractivity contribution in [1.29, 1.82) is 0 Å². The van der Waals surface area contributed by atoms with E-state index in [4.69, 9.17) is 33.3 Å². The molecule has 2 N–H and O–H groups in total. The van der Waals surface area contributed by atoms with Crippen molar-refractivity contribution in [3.63, 3.8) is 0 Å². The van der Waals surface area contributed by atoms with Crippen LogP contribution in [0.2, 0.25) is 5.02 Å². The molecule has 0 saturated carbocycles. The molecule has 0 fully saturated rings. The standard InChI is InChI=1S/C18H20ClN3O2S/c1-3-20-18(25)22-21-11-13-8-6-10-16(23-2)17(13)24-12-14-7-4-5-9-15(14)19/h4-11H,3,12H2,1-2H3,(H2,20,22,25)/b21-11-. The Balaban J connectivity index is 2.16. The van der Waals surface area contributed by atoms with Crippen LogP contribution in [0.15, 0.2) is 47.6 Å². The van der Waals surface area contributed by atoms with Crippen LogP contribution in [0.4, 0.5) is 0 Å². The van der Waals surface area contributed by atoms with Crippen molar-refractivity contribution in [2.45, 2.75) is 13.5 Å². The number of nitrogens with one attached hydrogen (secondary N) is 2. The molecule has 2 aromatic rings. The van der Waals surface area contributed by atoms with Crippen molar-refractivity contribution in [3.8, 4) is 11.5 Å². The summed E-state index contributed by atoms with van der Waals surface area (Å²) in [6, 6.07) is 13.1. The minimum absolute atomic E-state index is 0.324. The topological polar surface area (TPSA) is 54.9 Å². The molecule has 5 nitrogen and oxygen atoms in total. The van der Waals surface area contributed by atoms with E-state index in [-0.39, 0.29) is 0 Å². The normalized spacial score (nSPS) is 10.5. The number of benzene rings is 2. The summed E-state index contributed by atoms with van der Waals surface area (Å²) in [4.78, 5) is 0. The van der Waals surface area contributed by atoms with Gasteiger partial charge in [0.25, 0.3) is 0 Å². The number of methoxy groups -OCH3 is 1. The van der Waals surface area contributed by atoms with E-state index in [9.17, 15) is 0 Å². The highest BCUT2D eigenvalue weighted by molar-refractivity contribution is 7.80. The molecular weight excluding hydrogens is 358 g/mol. The first-order chi connectivity index (χ1) is 12.2. The molecule has 0 spiro atoms. The van der Waals surface area contributed by atoms with Gasteiger partial charge in [-0.3, -0.25) is 5.43 Å². The van der Waals surface area contributed by atoms with Crippen LogP contribution in [-0.4, -0.2) is 25.0 Å². The maximum atomic E-state index is 6.18. The van der Waals surface area contributed by atoms with E-state index in [0.717, 1.165) is 17.7 Å². The van der Waals surface area contributed by atoms with Crippen LogP contribution in [0.3, 0.4) is 0 Å². The van der Waals surface area contributed by atoms with Crippen molar-refractivity contribution in [1.82, 2.24) is 10.7 Å². The summed E-state index contributed by atoms with van der Waals surface area (Å²) in [5, 5.41) is 8.20.